The van der Waals surface area contributed by atoms with Gasteiger partial charge in [0.2, 0.25) is 5.91 Å². The molecule has 0 aliphatic heterocycles. The maximum absolute atomic E-state index is 12.7. The number of nitrogens with zero attached hydrogens (tertiary/aromatic N) is 2. The molecule has 0 bridgehead atoms. The molecule has 1 heterocycles. The summed E-state index contributed by atoms with van der Waals surface area (Å²) in [5, 5.41) is 3.15. The summed E-state index contributed by atoms with van der Waals surface area (Å²) in [6, 6.07) is 13.7. The summed E-state index contributed by atoms with van der Waals surface area (Å²) in [4.78, 5) is 17.5. The summed E-state index contributed by atoms with van der Waals surface area (Å²) in [7, 11) is 1.64. The second-order valence-corrected chi connectivity index (χ2v) is 8.18. The molecule has 1 aromatic heterocycles. The summed E-state index contributed by atoms with van der Waals surface area (Å²) in [5.74, 6) is 2.33. The van der Waals surface area contributed by atoms with Crippen LogP contribution in [0.4, 0.5) is 0 Å². The van der Waals surface area contributed by atoms with Gasteiger partial charge in [-0.15, -0.1) is 6.58 Å². The van der Waals surface area contributed by atoms with Crippen LogP contribution >= 0.6 is 0 Å². The van der Waals surface area contributed by atoms with Crippen LogP contribution < -0.4 is 14.8 Å². The molecule has 1 atom stereocenters. The molecule has 6 heteroatoms. The first kappa shape index (κ1) is 24.4. The molecule has 0 aliphatic rings. The highest BCUT2D eigenvalue weighted by molar-refractivity contribution is 5.79. The lowest BCUT2D eigenvalue weighted by Gasteiger charge is -2.20. The quantitative estimate of drug-likeness (QED) is 0.373. The zero-order valence-corrected chi connectivity index (χ0v) is 20.1. The number of para-hydroxylation sites is 2. The fraction of sp³-hybridized carbons (Fsp3) is 0.407. The number of benzene rings is 2. The van der Waals surface area contributed by atoms with Crippen LogP contribution in [0.3, 0.4) is 0 Å². The lowest BCUT2D eigenvalue weighted by molar-refractivity contribution is -0.125. The minimum Gasteiger partial charge on any atom is -0.493 e. The molecule has 1 amide bonds. The van der Waals surface area contributed by atoms with Crippen LogP contribution in [-0.2, 0) is 17.8 Å². The normalized spacial score (nSPS) is 12.0. The van der Waals surface area contributed by atoms with Gasteiger partial charge in [-0.05, 0) is 56.0 Å². The average molecular weight is 450 g/mol. The van der Waals surface area contributed by atoms with Gasteiger partial charge in [-0.2, -0.15) is 0 Å². The van der Waals surface area contributed by atoms with Crippen LogP contribution in [0.5, 0.6) is 11.5 Å². The van der Waals surface area contributed by atoms with Gasteiger partial charge >= 0.3 is 0 Å². The average Bonchev–Trinajstić information content (AvgIpc) is 3.19. The van der Waals surface area contributed by atoms with E-state index >= 15 is 0 Å². The van der Waals surface area contributed by atoms with Crippen molar-refractivity contribution < 1.29 is 14.3 Å². The number of carbonyl (C=O) groups excluding carboxylic acids is 1. The fourth-order valence-electron chi connectivity index (χ4n) is 4.09. The van der Waals surface area contributed by atoms with E-state index in [4.69, 9.17) is 14.5 Å². The predicted molar refractivity (Wildman–Crippen MR) is 133 cm³/mol. The van der Waals surface area contributed by atoms with Gasteiger partial charge in [0.25, 0.3) is 0 Å². The van der Waals surface area contributed by atoms with E-state index in [-0.39, 0.29) is 17.9 Å². The lowest BCUT2D eigenvalue weighted by Crippen LogP contribution is -2.33. The third-order valence-electron chi connectivity index (χ3n) is 5.97. The Morgan fingerprint density at radius 3 is 2.64 bits per heavy atom. The number of allylic oxidation sites excluding steroid dienone is 1. The van der Waals surface area contributed by atoms with Crippen molar-refractivity contribution in [1.29, 1.82) is 0 Å². The Morgan fingerprint density at radius 1 is 1.18 bits per heavy atom. The van der Waals surface area contributed by atoms with Crippen molar-refractivity contribution in [2.75, 3.05) is 13.7 Å². The van der Waals surface area contributed by atoms with E-state index in [0.717, 1.165) is 41.7 Å². The SMILES string of the molecule is C=CCc1ccc(OCCn2c(C(C)NC(=O)C(CC)CC)nc3ccccc32)c(OC)c1. The zero-order valence-electron chi connectivity index (χ0n) is 20.1. The Kier molecular flexibility index (Phi) is 8.52. The molecule has 2 aromatic carbocycles. The number of carbonyl (C=O) groups is 1. The van der Waals surface area contributed by atoms with Crippen molar-refractivity contribution in [2.24, 2.45) is 5.92 Å². The third kappa shape index (κ3) is 5.75. The predicted octanol–water partition coefficient (Wildman–Crippen LogP) is 5.47. The first-order valence-electron chi connectivity index (χ1n) is 11.7. The number of hydrogen-bond acceptors (Lipinski definition) is 4. The molecule has 3 rings (SSSR count). The Balaban J connectivity index is 1.79. The van der Waals surface area contributed by atoms with Crippen molar-refractivity contribution in [3.05, 3.63) is 66.5 Å². The van der Waals surface area contributed by atoms with E-state index in [9.17, 15) is 4.79 Å². The van der Waals surface area contributed by atoms with Crippen molar-refractivity contribution in [2.45, 2.75) is 52.6 Å². The minimum absolute atomic E-state index is 0.0186. The molecule has 33 heavy (non-hydrogen) atoms. The molecule has 0 saturated heterocycles. The van der Waals surface area contributed by atoms with Crippen molar-refractivity contribution in [3.8, 4) is 11.5 Å². The third-order valence-corrected chi connectivity index (χ3v) is 5.97. The van der Waals surface area contributed by atoms with Crippen LogP contribution in [0.1, 0.15) is 51.0 Å². The minimum atomic E-state index is -0.210. The van der Waals surface area contributed by atoms with Gasteiger partial charge in [-0.25, -0.2) is 4.98 Å². The second-order valence-electron chi connectivity index (χ2n) is 8.18. The fourth-order valence-corrected chi connectivity index (χ4v) is 4.09. The van der Waals surface area contributed by atoms with Gasteiger partial charge in [0.1, 0.15) is 12.4 Å². The molecule has 0 aliphatic carbocycles. The number of fused-ring (bicyclic) bond motifs is 1. The Morgan fingerprint density at radius 2 is 1.94 bits per heavy atom. The van der Waals surface area contributed by atoms with E-state index in [0.29, 0.717) is 24.7 Å². The topological polar surface area (TPSA) is 65.4 Å². The number of hydrogen-bond donors (Lipinski definition) is 1. The van der Waals surface area contributed by atoms with Crippen molar-refractivity contribution in [1.82, 2.24) is 14.9 Å². The van der Waals surface area contributed by atoms with Gasteiger partial charge in [0.05, 0.1) is 30.7 Å². The molecule has 0 saturated carbocycles. The number of methoxy groups -OCH3 is 1. The van der Waals surface area contributed by atoms with Gasteiger partial charge in [-0.1, -0.05) is 38.1 Å². The first-order valence-corrected chi connectivity index (χ1v) is 11.7. The molecular formula is C27H35N3O3. The van der Waals surface area contributed by atoms with Crippen LogP contribution in [0.25, 0.3) is 11.0 Å². The highest BCUT2D eigenvalue weighted by Gasteiger charge is 2.21. The van der Waals surface area contributed by atoms with Crippen LogP contribution in [0, 0.1) is 5.92 Å². The molecule has 0 fully saturated rings. The van der Waals surface area contributed by atoms with Crippen molar-refractivity contribution in [3.63, 3.8) is 0 Å². The van der Waals surface area contributed by atoms with Crippen LogP contribution in [-0.4, -0.2) is 29.2 Å². The molecule has 3 aromatic rings. The Labute approximate surface area is 196 Å². The van der Waals surface area contributed by atoms with Gasteiger partial charge < -0.3 is 19.4 Å². The monoisotopic (exact) mass is 449 g/mol. The summed E-state index contributed by atoms with van der Waals surface area (Å²) in [6.07, 6.45) is 4.30. The number of amides is 1. The van der Waals surface area contributed by atoms with Gasteiger partial charge in [0.15, 0.2) is 11.5 Å². The van der Waals surface area contributed by atoms with E-state index < -0.39 is 0 Å². The summed E-state index contributed by atoms with van der Waals surface area (Å²) in [5.41, 5.74) is 3.05. The number of imidazole rings is 1. The maximum atomic E-state index is 12.7. The summed E-state index contributed by atoms with van der Waals surface area (Å²) >= 11 is 0. The zero-order chi connectivity index (χ0) is 23.8. The maximum Gasteiger partial charge on any atom is 0.223 e. The summed E-state index contributed by atoms with van der Waals surface area (Å²) < 4.78 is 13.7. The smallest absolute Gasteiger partial charge is 0.223 e. The largest absolute Gasteiger partial charge is 0.493 e. The molecule has 1 unspecified atom stereocenters. The molecular weight excluding hydrogens is 414 g/mol. The highest BCUT2D eigenvalue weighted by Crippen LogP contribution is 2.29. The van der Waals surface area contributed by atoms with E-state index in [1.807, 2.05) is 69.3 Å². The lowest BCUT2D eigenvalue weighted by atomic mass is 10.0. The summed E-state index contributed by atoms with van der Waals surface area (Å²) in [6.45, 7) is 10.9. The number of nitrogens with one attached hydrogen (secondary N) is 1. The molecule has 176 valence electrons. The number of rotatable bonds is 12. The Hall–Kier alpha value is -3.28. The molecule has 0 radical (unpaired) electrons. The van der Waals surface area contributed by atoms with E-state index in [2.05, 4.69) is 16.5 Å². The molecule has 6 nitrogen and oxygen atoms in total. The standard InChI is InChI=1S/C27H35N3O3/c1-6-11-20-14-15-24(25(18-20)32-5)33-17-16-30-23-13-10-9-12-22(23)29-26(30)19(4)28-27(31)21(7-2)8-3/h6,9-10,12-15,18-19,21H,1,7-8,11,16-17H2,2-5H3,(H,28,31). The van der Waals surface area contributed by atoms with Crippen LogP contribution in [0.2, 0.25) is 0 Å². The highest BCUT2D eigenvalue weighted by atomic mass is 16.5. The number of aromatic nitrogens is 2. The second kappa shape index (κ2) is 11.5. The van der Waals surface area contributed by atoms with Gasteiger partial charge in [-0.3, -0.25) is 4.79 Å². The van der Waals surface area contributed by atoms with Gasteiger partial charge in [0, 0.05) is 5.92 Å². The van der Waals surface area contributed by atoms with Crippen molar-refractivity contribution >= 4 is 16.9 Å². The number of ether oxygens (including phenoxy) is 2. The first-order chi connectivity index (χ1) is 16.0. The molecule has 0 spiro atoms. The molecule has 1 N–H and O–H groups in total. The van der Waals surface area contributed by atoms with Crippen LogP contribution in [0.15, 0.2) is 55.1 Å². The van der Waals surface area contributed by atoms with E-state index in [1.165, 1.54) is 0 Å². The Bertz CT molecular complexity index is 1090. The van der Waals surface area contributed by atoms with E-state index in [1.54, 1.807) is 7.11 Å².